The molecule has 0 fully saturated rings. The Balaban J connectivity index is 1.44. The Bertz CT molecular complexity index is 1250. The minimum absolute atomic E-state index is 0.0485. The lowest BCUT2D eigenvalue weighted by molar-refractivity contribution is -0.384. The fourth-order valence-corrected chi connectivity index (χ4v) is 3.16. The van der Waals surface area contributed by atoms with Crippen LogP contribution >= 0.6 is 0 Å². The summed E-state index contributed by atoms with van der Waals surface area (Å²) in [5.74, 6) is 0.156. The zero-order valence-corrected chi connectivity index (χ0v) is 16.4. The summed E-state index contributed by atoms with van der Waals surface area (Å²) >= 11 is 0. The minimum atomic E-state index is -0.556. The Kier molecular flexibility index (Phi) is 5.53. The second-order valence-electron chi connectivity index (χ2n) is 6.96. The number of carbonyl (C=O) groups is 1. The van der Waals surface area contributed by atoms with Crippen LogP contribution in [-0.2, 0) is 13.2 Å². The average Bonchev–Trinajstić information content (AvgIpc) is 3.21. The van der Waals surface area contributed by atoms with E-state index in [2.05, 4.69) is 10.3 Å². The van der Waals surface area contributed by atoms with Crippen LogP contribution in [0.1, 0.15) is 21.6 Å². The van der Waals surface area contributed by atoms with Crippen molar-refractivity contribution in [2.75, 3.05) is 0 Å². The van der Waals surface area contributed by atoms with Crippen LogP contribution in [0.3, 0.4) is 0 Å². The molecule has 3 aromatic carbocycles. The maximum absolute atomic E-state index is 12.5. The Morgan fingerprint density at radius 1 is 1.06 bits per heavy atom. The lowest BCUT2D eigenvalue weighted by Crippen LogP contribution is -2.23. The molecule has 0 unspecified atom stereocenters. The Hall–Kier alpha value is -4.33. The number of aromatic hydroxyl groups is 1. The second kappa shape index (κ2) is 8.58. The zero-order valence-electron chi connectivity index (χ0n) is 16.4. The van der Waals surface area contributed by atoms with Gasteiger partial charge in [0, 0.05) is 41.2 Å². The molecule has 0 spiro atoms. The number of nitro groups is 1. The number of hydrogen-bond acceptors (Lipinski definition) is 5. The van der Waals surface area contributed by atoms with Crippen molar-refractivity contribution in [1.29, 1.82) is 0 Å². The predicted molar refractivity (Wildman–Crippen MR) is 115 cm³/mol. The standard InChI is InChI=1S/C23H19N3O5/c27-22-9-7-18(26(29)30)10-17(22)13-24-23(28)21-11-16-6-8-19(12-20(16)25-21)31-14-15-4-2-1-3-5-15/h1-12,25,27H,13-14H2,(H,24,28). The van der Waals surface area contributed by atoms with Gasteiger partial charge in [0.05, 0.1) is 4.92 Å². The molecule has 0 bridgehead atoms. The predicted octanol–water partition coefficient (Wildman–Crippen LogP) is 4.29. The van der Waals surface area contributed by atoms with Crippen LogP contribution in [-0.4, -0.2) is 20.9 Å². The van der Waals surface area contributed by atoms with E-state index in [0.717, 1.165) is 16.5 Å². The molecule has 1 aromatic heterocycles. The monoisotopic (exact) mass is 417 g/mol. The molecule has 0 aliphatic rings. The van der Waals surface area contributed by atoms with E-state index in [0.29, 0.717) is 18.1 Å². The number of nitro benzene ring substituents is 1. The topological polar surface area (TPSA) is 117 Å². The van der Waals surface area contributed by atoms with Crippen molar-refractivity contribution in [3.8, 4) is 11.5 Å². The van der Waals surface area contributed by atoms with Gasteiger partial charge >= 0.3 is 0 Å². The van der Waals surface area contributed by atoms with Gasteiger partial charge in [-0.05, 0) is 29.8 Å². The highest BCUT2D eigenvalue weighted by atomic mass is 16.6. The number of nitrogens with one attached hydrogen (secondary N) is 2. The summed E-state index contributed by atoms with van der Waals surface area (Å²) in [6.07, 6.45) is 0. The lowest BCUT2D eigenvalue weighted by atomic mass is 10.1. The number of phenols is 1. The second-order valence-corrected chi connectivity index (χ2v) is 6.96. The molecule has 4 aromatic rings. The van der Waals surface area contributed by atoms with Gasteiger partial charge in [0.1, 0.15) is 23.8 Å². The van der Waals surface area contributed by atoms with Crippen molar-refractivity contribution in [1.82, 2.24) is 10.3 Å². The van der Waals surface area contributed by atoms with E-state index >= 15 is 0 Å². The van der Waals surface area contributed by atoms with Crippen LogP contribution in [0, 0.1) is 10.1 Å². The quantitative estimate of drug-likeness (QED) is 0.306. The summed E-state index contributed by atoms with van der Waals surface area (Å²) in [5.41, 5.74) is 2.23. The fourth-order valence-electron chi connectivity index (χ4n) is 3.16. The zero-order chi connectivity index (χ0) is 21.8. The number of fused-ring (bicyclic) bond motifs is 1. The van der Waals surface area contributed by atoms with Crippen LogP contribution in [0.2, 0.25) is 0 Å². The van der Waals surface area contributed by atoms with Crippen molar-refractivity contribution >= 4 is 22.5 Å². The highest BCUT2D eigenvalue weighted by Crippen LogP contribution is 2.24. The molecule has 0 saturated heterocycles. The van der Waals surface area contributed by atoms with Gasteiger partial charge in [-0.2, -0.15) is 0 Å². The number of nitrogens with zero attached hydrogens (tertiary/aromatic N) is 1. The Labute approximate surface area is 177 Å². The van der Waals surface area contributed by atoms with Gasteiger partial charge in [-0.1, -0.05) is 30.3 Å². The Morgan fingerprint density at radius 2 is 1.87 bits per heavy atom. The molecule has 0 aliphatic heterocycles. The third kappa shape index (κ3) is 4.64. The van der Waals surface area contributed by atoms with E-state index < -0.39 is 10.8 Å². The number of aromatic amines is 1. The van der Waals surface area contributed by atoms with Crippen LogP contribution < -0.4 is 10.1 Å². The molecule has 8 nitrogen and oxygen atoms in total. The van der Waals surface area contributed by atoms with Crippen molar-refractivity contribution in [3.63, 3.8) is 0 Å². The van der Waals surface area contributed by atoms with Crippen molar-refractivity contribution < 1.29 is 19.6 Å². The van der Waals surface area contributed by atoms with Crippen molar-refractivity contribution in [2.24, 2.45) is 0 Å². The first-order valence-corrected chi connectivity index (χ1v) is 9.53. The number of benzene rings is 3. The number of aromatic nitrogens is 1. The maximum Gasteiger partial charge on any atom is 0.270 e. The minimum Gasteiger partial charge on any atom is -0.508 e. The van der Waals surface area contributed by atoms with Crippen LogP contribution in [0.5, 0.6) is 11.5 Å². The van der Waals surface area contributed by atoms with E-state index in [1.807, 2.05) is 48.5 Å². The normalized spacial score (nSPS) is 10.7. The fraction of sp³-hybridized carbons (Fsp3) is 0.0870. The number of hydrogen-bond donors (Lipinski definition) is 3. The molecule has 0 saturated carbocycles. The molecule has 0 aliphatic carbocycles. The molecule has 0 atom stereocenters. The van der Waals surface area contributed by atoms with E-state index in [-0.39, 0.29) is 23.5 Å². The summed E-state index contributed by atoms with van der Waals surface area (Å²) in [4.78, 5) is 25.9. The smallest absolute Gasteiger partial charge is 0.270 e. The molecule has 156 valence electrons. The molecular formula is C23H19N3O5. The summed E-state index contributed by atoms with van der Waals surface area (Å²) < 4.78 is 5.82. The number of phenolic OH excluding ortho intramolecular Hbond substituents is 1. The highest BCUT2D eigenvalue weighted by molar-refractivity contribution is 5.98. The summed E-state index contributed by atoms with van der Waals surface area (Å²) in [6.45, 7) is 0.389. The molecule has 8 heteroatoms. The number of ether oxygens (including phenoxy) is 1. The molecule has 3 N–H and O–H groups in total. The van der Waals surface area contributed by atoms with Gasteiger partial charge in [-0.3, -0.25) is 14.9 Å². The van der Waals surface area contributed by atoms with E-state index in [4.69, 9.17) is 4.74 Å². The molecule has 1 heterocycles. The maximum atomic E-state index is 12.5. The number of rotatable bonds is 7. The van der Waals surface area contributed by atoms with Crippen LogP contribution in [0.4, 0.5) is 5.69 Å². The molecular weight excluding hydrogens is 398 g/mol. The molecule has 4 rings (SSSR count). The van der Waals surface area contributed by atoms with Gasteiger partial charge in [0.15, 0.2) is 0 Å². The van der Waals surface area contributed by atoms with E-state index in [1.165, 1.54) is 18.2 Å². The summed E-state index contributed by atoms with van der Waals surface area (Å²) in [6, 6.07) is 20.7. The largest absolute Gasteiger partial charge is 0.508 e. The van der Waals surface area contributed by atoms with Crippen LogP contribution in [0.15, 0.2) is 72.8 Å². The first-order valence-electron chi connectivity index (χ1n) is 9.53. The molecule has 31 heavy (non-hydrogen) atoms. The molecule has 1 amide bonds. The number of non-ortho nitro benzene ring substituents is 1. The van der Waals surface area contributed by atoms with E-state index in [1.54, 1.807) is 6.07 Å². The first-order chi connectivity index (χ1) is 15.0. The van der Waals surface area contributed by atoms with Crippen molar-refractivity contribution in [2.45, 2.75) is 13.2 Å². The van der Waals surface area contributed by atoms with Crippen LogP contribution in [0.25, 0.3) is 10.9 Å². The summed E-state index contributed by atoms with van der Waals surface area (Å²) in [5, 5.41) is 24.3. The van der Waals surface area contributed by atoms with Gasteiger partial charge in [0.25, 0.3) is 11.6 Å². The highest BCUT2D eigenvalue weighted by Gasteiger charge is 2.14. The van der Waals surface area contributed by atoms with Crippen molar-refractivity contribution in [3.05, 3.63) is 99.7 Å². The molecule has 0 radical (unpaired) electrons. The van der Waals surface area contributed by atoms with Gasteiger partial charge in [-0.25, -0.2) is 0 Å². The van der Waals surface area contributed by atoms with Gasteiger partial charge < -0.3 is 20.1 Å². The average molecular weight is 417 g/mol. The van der Waals surface area contributed by atoms with E-state index in [9.17, 15) is 20.0 Å². The third-order valence-corrected chi connectivity index (χ3v) is 4.80. The lowest BCUT2D eigenvalue weighted by Gasteiger charge is -2.06. The van der Waals surface area contributed by atoms with Gasteiger partial charge in [0.2, 0.25) is 0 Å². The summed E-state index contributed by atoms with van der Waals surface area (Å²) in [7, 11) is 0. The first kappa shape index (κ1) is 20.0. The number of H-pyrrole nitrogens is 1. The SMILES string of the molecule is O=C(NCc1cc([N+](=O)[O-])ccc1O)c1cc2ccc(OCc3ccccc3)cc2[nH]1. The number of amides is 1. The Morgan fingerprint density at radius 3 is 2.65 bits per heavy atom. The third-order valence-electron chi connectivity index (χ3n) is 4.80. The van der Waals surface area contributed by atoms with Gasteiger partial charge in [-0.15, -0.1) is 0 Å². The number of carbonyl (C=O) groups excluding carboxylic acids is 1.